The molecule has 0 heterocycles. The zero-order valence-electron chi connectivity index (χ0n) is 13.2. The van der Waals surface area contributed by atoms with Gasteiger partial charge in [-0.25, -0.2) is 0 Å². The molecule has 0 saturated carbocycles. The highest BCUT2D eigenvalue weighted by Gasteiger charge is 2.05. The van der Waals surface area contributed by atoms with Gasteiger partial charge in [0.25, 0.3) is 0 Å². The zero-order chi connectivity index (χ0) is 16.2. The van der Waals surface area contributed by atoms with Gasteiger partial charge in [0.15, 0.2) is 0 Å². The van der Waals surface area contributed by atoms with Crippen LogP contribution in [-0.4, -0.2) is 12.5 Å². The number of anilines is 1. The number of rotatable bonds is 4. The maximum absolute atomic E-state index is 11.0. The number of hydrogen-bond acceptors (Lipinski definition) is 2. The SMILES string of the molecule is CC(=O)NCCc1cccc2ccc(-c3cccc(N)c3)cc12. The number of benzene rings is 3. The lowest BCUT2D eigenvalue weighted by atomic mass is 9.97. The summed E-state index contributed by atoms with van der Waals surface area (Å²) in [5, 5.41) is 5.28. The van der Waals surface area contributed by atoms with E-state index in [9.17, 15) is 4.79 Å². The Labute approximate surface area is 136 Å². The van der Waals surface area contributed by atoms with Gasteiger partial charge in [0.1, 0.15) is 0 Å². The minimum Gasteiger partial charge on any atom is -0.399 e. The summed E-state index contributed by atoms with van der Waals surface area (Å²) in [5.74, 6) is 0.00527. The Bertz CT molecular complexity index is 855. The van der Waals surface area contributed by atoms with Gasteiger partial charge in [-0.2, -0.15) is 0 Å². The molecule has 3 nitrogen and oxygen atoms in total. The van der Waals surface area contributed by atoms with E-state index in [0.717, 1.165) is 23.2 Å². The molecule has 3 aromatic carbocycles. The molecule has 0 unspecified atom stereocenters. The number of nitrogens with two attached hydrogens (primary N) is 1. The van der Waals surface area contributed by atoms with Crippen molar-refractivity contribution >= 4 is 22.4 Å². The Kier molecular flexibility index (Phi) is 4.29. The minimum absolute atomic E-state index is 0.00527. The number of carbonyl (C=O) groups is 1. The number of amides is 1. The van der Waals surface area contributed by atoms with Crippen molar-refractivity contribution in [1.29, 1.82) is 0 Å². The molecule has 3 rings (SSSR count). The summed E-state index contributed by atoms with van der Waals surface area (Å²) >= 11 is 0. The lowest BCUT2D eigenvalue weighted by Gasteiger charge is -2.10. The molecule has 0 radical (unpaired) electrons. The quantitative estimate of drug-likeness (QED) is 0.721. The molecule has 3 N–H and O–H groups in total. The number of carbonyl (C=O) groups excluding carboxylic acids is 1. The number of nitrogens with one attached hydrogen (secondary N) is 1. The molecule has 0 aliphatic rings. The summed E-state index contributed by atoms with van der Waals surface area (Å²) in [6.45, 7) is 2.19. The summed E-state index contributed by atoms with van der Waals surface area (Å²) in [7, 11) is 0. The van der Waals surface area contributed by atoms with E-state index < -0.39 is 0 Å². The van der Waals surface area contributed by atoms with Crippen LogP contribution >= 0.6 is 0 Å². The fourth-order valence-electron chi connectivity index (χ4n) is 2.83. The topological polar surface area (TPSA) is 55.1 Å². The first-order valence-electron chi connectivity index (χ1n) is 7.75. The fourth-order valence-corrected chi connectivity index (χ4v) is 2.83. The van der Waals surface area contributed by atoms with Crippen molar-refractivity contribution in [2.75, 3.05) is 12.3 Å². The molecule has 3 heteroatoms. The van der Waals surface area contributed by atoms with Crippen LogP contribution in [0.25, 0.3) is 21.9 Å². The molecule has 1 amide bonds. The number of hydrogen-bond donors (Lipinski definition) is 2. The van der Waals surface area contributed by atoms with Crippen LogP contribution in [0.1, 0.15) is 12.5 Å². The average molecular weight is 304 g/mol. The highest BCUT2D eigenvalue weighted by molar-refractivity contribution is 5.90. The molecule has 3 aromatic rings. The zero-order valence-corrected chi connectivity index (χ0v) is 13.2. The molecular formula is C20H20N2O. The second-order valence-corrected chi connectivity index (χ2v) is 5.71. The Morgan fingerprint density at radius 1 is 1.00 bits per heavy atom. The molecule has 0 aliphatic heterocycles. The number of nitrogen functional groups attached to an aromatic ring is 1. The van der Waals surface area contributed by atoms with Crippen molar-refractivity contribution in [3.8, 4) is 11.1 Å². The Balaban J connectivity index is 1.98. The summed E-state index contributed by atoms with van der Waals surface area (Å²) in [6.07, 6.45) is 0.817. The third-order valence-electron chi connectivity index (χ3n) is 3.96. The van der Waals surface area contributed by atoms with E-state index >= 15 is 0 Å². The molecular weight excluding hydrogens is 284 g/mol. The maximum Gasteiger partial charge on any atom is 0.216 e. The van der Waals surface area contributed by atoms with Crippen molar-refractivity contribution in [3.63, 3.8) is 0 Å². The van der Waals surface area contributed by atoms with Crippen LogP contribution in [-0.2, 0) is 11.2 Å². The van der Waals surface area contributed by atoms with Crippen molar-refractivity contribution in [2.45, 2.75) is 13.3 Å². The van der Waals surface area contributed by atoms with Gasteiger partial charge in [0.05, 0.1) is 0 Å². The first-order chi connectivity index (χ1) is 11.1. The van der Waals surface area contributed by atoms with E-state index in [2.05, 4.69) is 47.8 Å². The lowest BCUT2D eigenvalue weighted by molar-refractivity contribution is -0.118. The van der Waals surface area contributed by atoms with Crippen LogP contribution in [0.3, 0.4) is 0 Å². The highest BCUT2D eigenvalue weighted by Crippen LogP contribution is 2.27. The van der Waals surface area contributed by atoms with Gasteiger partial charge in [-0.05, 0) is 52.1 Å². The Morgan fingerprint density at radius 3 is 2.57 bits per heavy atom. The predicted octanol–water partition coefficient (Wildman–Crippen LogP) is 3.77. The van der Waals surface area contributed by atoms with Crippen LogP contribution in [0.2, 0.25) is 0 Å². The van der Waals surface area contributed by atoms with E-state index in [1.54, 1.807) is 6.92 Å². The minimum atomic E-state index is 0.00527. The van der Waals surface area contributed by atoms with Gasteiger partial charge in [-0.3, -0.25) is 4.79 Å². The first-order valence-corrected chi connectivity index (χ1v) is 7.75. The monoisotopic (exact) mass is 304 g/mol. The summed E-state index contributed by atoms with van der Waals surface area (Å²) in [4.78, 5) is 11.0. The average Bonchev–Trinajstić information content (AvgIpc) is 2.54. The van der Waals surface area contributed by atoms with Crippen LogP contribution in [0.5, 0.6) is 0 Å². The summed E-state index contributed by atoms with van der Waals surface area (Å²) in [6, 6.07) is 20.7. The smallest absolute Gasteiger partial charge is 0.216 e. The molecule has 0 aromatic heterocycles. The predicted molar refractivity (Wildman–Crippen MR) is 96.2 cm³/mol. The van der Waals surface area contributed by atoms with Gasteiger partial charge in [0, 0.05) is 19.2 Å². The van der Waals surface area contributed by atoms with Gasteiger partial charge in [-0.15, -0.1) is 0 Å². The fraction of sp³-hybridized carbons (Fsp3) is 0.150. The van der Waals surface area contributed by atoms with Crippen LogP contribution in [0.4, 0.5) is 5.69 Å². The lowest BCUT2D eigenvalue weighted by Crippen LogP contribution is -2.22. The van der Waals surface area contributed by atoms with Crippen molar-refractivity contribution in [2.24, 2.45) is 0 Å². The van der Waals surface area contributed by atoms with E-state index in [0.29, 0.717) is 6.54 Å². The third-order valence-corrected chi connectivity index (χ3v) is 3.96. The molecule has 0 aliphatic carbocycles. The molecule has 116 valence electrons. The molecule has 0 spiro atoms. The molecule has 23 heavy (non-hydrogen) atoms. The molecule has 0 saturated heterocycles. The standard InChI is InChI=1S/C20H20N2O/c1-14(23)22-11-10-16-5-2-4-15-8-9-18(13-20(15)16)17-6-3-7-19(21)12-17/h2-9,12-13H,10-11,21H2,1H3,(H,22,23). The van der Waals surface area contributed by atoms with E-state index in [1.165, 1.54) is 16.3 Å². The van der Waals surface area contributed by atoms with E-state index in [-0.39, 0.29) is 5.91 Å². The Morgan fingerprint density at radius 2 is 1.78 bits per heavy atom. The van der Waals surface area contributed by atoms with Gasteiger partial charge in [0.2, 0.25) is 5.91 Å². The van der Waals surface area contributed by atoms with Crippen molar-refractivity contribution < 1.29 is 4.79 Å². The largest absolute Gasteiger partial charge is 0.399 e. The second-order valence-electron chi connectivity index (χ2n) is 5.71. The van der Waals surface area contributed by atoms with Gasteiger partial charge in [-0.1, -0.05) is 42.5 Å². The molecule has 0 bridgehead atoms. The van der Waals surface area contributed by atoms with Crippen LogP contribution < -0.4 is 11.1 Å². The summed E-state index contributed by atoms with van der Waals surface area (Å²) in [5.41, 5.74) is 10.2. The third kappa shape index (κ3) is 3.51. The van der Waals surface area contributed by atoms with Crippen molar-refractivity contribution in [1.82, 2.24) is 5.32 Å². The molecule has 0 fully saturated rings. The Hall–Kier alpha value is -2.81. The van der Waals surface area contributed by atoms with Crippen molar-refractivity contribution in [3.05, 3.63) is 66.2 Å². The van der Waals surface area contributed by atoms with Gasteiger partial charge >= 0.3 is 0 Å². The van der Waals surface area contributed by atoms with E-state index in [1.807, 2.05) is 18.2 Å². The van der Waals surface area contributed by atoms with Gasteiger partial charge < -0.3 is 11.1 Å². The van der Waals surface area contributed by atoms with Crippen LogP contribution in [0.15, 0.2) is 60.7 Å². The summed E-state index contributed by atoms with van der Waals surface area (Å²) < 4.78 is 0. The maximum atomic E-state index is 11.0. The molecule has 0 atom stereocenters. The first kappa shape index (κ1) is 15.1. The number of fused-ring (bicyclic) bond motifs is 1. The highest BCUT2D eigenvalue weighted by atomic mass is 16.1. The normalized spacial score (nSPS) is 10.7. The second kappa shape index (κ2) is 6.53. The van der Waals surface area contributed by atoms with E-state index in [4.69, 9.17) is 5.73 Å². The van der Waals surface area contributed by atoms with Crippen LogP contribution in [0, 0.1) is 0 Å².